The molecule has 1 fully saturated rings. The van der Waals surface area contributed by atoms with Gasteiger partial charge in [-0.25, -0.2) is 0 Å². The van der Waals surface area contributed by atoms with Crippen LogP contribution in [0.2, 0.25) is 0 Å². The van der Waals surface area contributed by atoms with Crippen LogP contribution >= 0.6 is 0 Å². The summed E-state index contributed by atoms with van der Waals surface area (Å²) in [6.45, 7) is 8.83. The summed E-state index contributed by atoms with van der Waals surface area (Å²) in [7, 11) is -4.04. The topological polar surface area (TPSA) is 112 Å². The van der Waals surface area contributed by atoms with Crippen molar-refractivity contribution in [3.05, 3.63) is 29.8 Å². The monoisotopic (exact) mass is 446 g/mol. The molecule has 8 nitrogen and oxygen atoms in total. The summed E-state index contributed by atoms with van der Waals surface area (Å²) >= 11 is 0. The Labute approximate surface area is 179 Å². The highest BCUT2D eigenvalue weighted by Crippen LogP contribution is 2.28. The van der Waals surface area contributed by atoms with Crippen molar-refractivity contribution in [1.82, 2.24) is 0 Å². The zero-order chi connectivity index (χ0) is 22.5. The molecule has 2 rings (SSSR count). The van der Waals surface area contributed by atoms with E-state index >= 15 is 0 Å². The molecule has 0 amide bonds. The standard InChI is InChI=1S/C21H34O8S/c1-6-7-15(5)28-21-19(23)20(27-13(2)3)18(22)17(29-21)12-26-30(24,25)16-10-8-14(4)9-11-16/h8-11,13,15,17-23H,6-7,12H2,1-5H3/t15?,17?,18-,19?,20?,21+/m1/s1. The van der Waals surface area contributed by atoms with E-state index in [-0.39, 0.29) is 17.1 Å². The highest BCUT2D eigenvalue weighted by atomic mass is 32.2. The highest BCUT2D eigenvalue weighted by molar-refractivity contribution is 7.86. The third-order valence-electron chi connectivity index (χ3n) is 4.83. The summed E-state index contributed by atoms with van der Waals surface area (Å²) in [6.07, 6.45) is -4.48. The molecular weight excluding hydrogens is 412 g/mol. The Balaban J connectivity index is 2.14. The van der Waals surface area contributed by atoms with E-state index < -0.39 is 47.4 Å². The van der Waals surface area contributed by atoms with Gasteiger partial charge in [0.05, 0.1) is 23.7 Å². The second kappa shape index (κ2) is 11.0. The fourth-order valence-corrected chi connectivity index (χ4v) is 4.18. The maximum atomic E-state index is 12.5. The molecule has 4 unspecified atom stereocenters. The quantitative estimate of drug-likeness (QED) is 0.526. The van der Waals surface area contributed by atoms with Gasteiger partial charge in [0, 0.05) is 0 Å². The first-order valence-electron chi connectivity index (χ1n) is 10.3. The first-order chi connectivity index (χ1) is 14.0. The normalized spacial score (nSPS) is 28.6. The average Bonchev–Trinajstić information content (AvgIpc) is 2.67. The molecule has 30 heavy (non-hydrogen) atoms. The smallest absolute Gasteiger partial charge is 0.297 e. The lowest BCUT2D eigenvalue weighted by Crippen LogP contribution is -2.61. The number of aliphatic hydroxyl groups excluding tert-OH is 2. The van der Waals surface area contributed by atoms with E-state index in [9.17, 15) is 18.6 Å². The van der Waals surface area contributed by atoms with Crippen LogP contribution in [0.1, 0.15) is 46.1 Å². The van der Waals surface area contributed by atoms with Crippen molar-refractivity contribution in [2.45, 2.75) is 95.3 Å². The molecule has 1 aromatic rings. The van der Waals surface area contributed by atoms with E-state index in [1.807, 2.05) is 20.8 Å². The molecular formula is C21H34O8S. The van der Waals surface area contributed by atoms with Crippen molar-refractivity contribution in [3.63, 3.8) is 0 Å². The van der Waals surface area contributed by atoms with Crippen LogP contribution in [0.5, 0.6) is 0 Å². The van der Waals surface area contributed by atoms with E-state index in [1.165, 1.54) is 12.1 Å². The Hall–Kier alpha value is -1.07. The molecule has 9 heteroatoms. The molecule has 1 aliphatic rings. The molecule has 0 radical (unpaired) electrons. The first-order valence-corrected chi connectivity index (χ1v) is 11.7. The Kier molecular flexibility index (Phi) is 9.23. The molecule has 1 heterocycles. The lowest BCUT2D eigenvalue weighted by atomic mass is 9.98. The summed E-state index contributed by atoms with van der Waals surface area (Å²) in [5, 5.41) is 21.3. The first kappa shape index (κ1) is 25.2. The van der Waals surface area contributed by atoms with E-state index in [0.29, 0.717) is 0 Å². The molecule has 1 aliphatic heterocycles. The molecule has 0 bridgehead atoms. The predicted molar refractivity (Wildman–Crippen MR) is 110 cm³/mol. The van der Waals surface area contributed by atoms with Gasteiger partial charge in [0.15, 0.2) is 6.29 Å². The minimum Gasteiger partial charge on any atom is -0.387 e. The average molecular weight is 447 g/mol. The summed E-state index contributed by atoms with van der Waals surface area (Å²) in [6, 6.07) is 6.25. The molecule has 2 N–H and O–H groups in total. The summed E-state index contributed by atoms with van der Waals surface area (Å²) in [5.41, 5.74) is 0.920. The molecule has 172 valence electrons. The van der Waals surface area contributed by atoms with Gasteiger partial charge in [0.2, 0.25) is 0 Å². The van der Waals surface area contributed by atoms with Crippen molar-refractivity contribution < 1.29 is 37.0 Å². The molecule has 1 saturated heterocycles. The Morgan fingerprint density at radius 2 is 1.70 bits per heavy atom. The van der Waals surface area contributed by atoms with Crippen molar-refractivity contribution in [3.8, 4) is 0 Å². The summed E-state index contributed by atoms with van der Waals surface area (Å²) in [5.74, 6) is 0. The largest absolute Gasteiger partial charge is 0.387 e. The molecule has 1 aromatic carbocycles. The third-order valence-corrected chi connectivity index (χ3v) is 6.13. The highest BCUT2D eigenvalue weighted by Gasteiger charge is 2.47. The molecule has 0 aromatic heterocycles. The minimum absolute atomic E-state index is 0.0118. The van der Waals surface area contributed by atoms with Gasteiger partial charge in [-0.2, -0.15) is 8.42 Å². The lowest BCUT2D eigenvalue weighted by Gasteiger charge is -2.43. The van der Waals surface area contributed by atoms with Gasteiger partial charge >= 0.3 is 0 Å². The number of aryl methyl sites for hydroxylation is 1. The van der Waals surface area contributed by atoms with Crippen molar-refractivity contribution in [1.29, 1.82) is 0 Å². The van der Waals surface area contributed by atoms with Gasteiger partial charge in [0.1, 0.15) is 24.4 Å². The van der Waals surface area contributed by atoms with Crippen LogP contribution in [0.15, 0.2) is 29.2 Å². The maximum absolute atomic E-state index is 12.5. The molecule has 0 saturated carbocycles. The number of benzene rings is 1. The van der Waals surface area contributed by atoms with E-state index in [4.69, 9.17) is 18.4 Å². The van der Waals surface area contributed by atoms with Gasteiger partial charge in [-0.1, -0.05) is 31.0 Å². The summed E-state index contributed by atoms with van der Waals surface area (Å²) < 4.78 is 47.3. The zero-order valence-corrected chi connectivity index (χ0v) is 19.0. The second-order valence-electron chi connectivity index (χ2n) is 7.96. The fraction of sp³-hybridized carbons (Fsp3) is 0.714. The number of hydrogen-bond donors (Lipinski definition) is 2. The van der Waals surface area contributed by atoms with Crippen molar-refractivity contribution >= 4 is 10.1 Å². The Morgan fingerprint density at radius 1 is 1.07 bits per heavy atom. The van der Waals surface area contributed by atoms with Crippen molar-refractivity contribution in [2.75, 3.05) is 6.61 Å². The predicted octanol–water partition coefficient (Wildman–Crippen LogP) is 2.15. The van der Waals surface area contributed by atoms with Crippen molar-refractivity contribution in [2.24, 2.45) is 0 Å². The zero-order valence-electron chi connectivity index (χ0n) is 18.2. The Bertz CT molecular complexity index is 749. The molecule has 0 aliphatic carbocycles. The van der Waals surface area contributed by atoms with Gasteiger partial charge in [0.25, 0.3) is 10.1 Å². The van der Waals surface area contributed by atoms with Crippen LogP contribution in [0.3, 0.4) is 0 Å². The number of rotatable bonds is 10. The lowest BCUT2D eigenvalue weighted by molar-refractivity contribution is -0.318. The number of hydrogen-bond acceptors (Lipinski definition) is 8. The number of ether oxygens (including phenoxy) is 3. The SMILES string of the molecule is CCCC(C)O[C@H]1OC(COS(=O)(=O)c2ccc(C)cc2)[C@@H](O)C(OC(C)C)C1O. The summed E-state index contributed by atoms with van der Waals surface area (Å²) in [4.78, 5) is 0.0118. The van der Waals surface area contributed by atoms with Crippen LogP contribution in [0.25, 0.3) is 0 Å². The maximum Gasteiger partial charge on any atom is 0.297 e. The number of aliphatic hydroxyl groups is 2. The van der Waals surface area contributed by atoms with Crippen LogP contribution in [-0.4, -0.2) is 68.2 Å². The van der Waals surface area contributed by atoms with Gasteiger partial charge in [-0.05, 0) is 46.2 Å². The van der Waals surface area contributed by atoms with Crippen LogP contribution in [-0.2, 0) is 28.5 Å². The third kappa shape index (κ3) is 6.71. The van der Waals surface area contributed by atoms with E-state index in [2.05, 4.69) is 0 Å². The minimum atomic E-state index is -4.04. The molecule has 6 atom stereocenters. The van der Waals surface area contributed by atoms with Crippen LogP contribution in [0, 0.1) is 6.92 Å². The van der Waals surface area contributed by atoms with Gasteiger partial charge < -0.3 is 24.4 Å². The van der Waals surface area contributed by atoms with Crippen LogP contribution < -0.4 is 0 Å². The fourth-order valence-electron chi connectivity index (χ4n) is 3.26. The van der Waals surface area contributed by atoms with E-state index in [1.54, 1.807) is 26.0 Å². The van der Waals surface area contributed by atoms with E-state index in [0.717, 1.165) is 18.4 Å². The van der Waals surface area contributed by atoms with Crippen LogP contribution in [0.4, 0.5) is 0 Å². The second-order valence-corrected chi connectivity index (χ2v) is 9.58. The Morgan fingerprint density at radius 3 is 2.27 bits per heavy atom. The van der Waals surface area contributed by atoms with Gasteiger partial charge in [-0.15, -0.1) is 0 Å². The molecule has 0 spiro atoms. The van der Waals surface area contributed by atoms with Gasteiger partial charge in [-0.3, -0.25) is 4.18 Å².